The minimum atomic E-state index is -0.265. The van der Waals surface area contributed by atoms with Crippen LogP contribution in [0.15, 0.2) is 59.9 Å². The van der Waals surface area contributed by atoms with E-state index < -0.39 is 0 Å². The number of rotatable bonds is 6. The summed E-state index contributed by atoms with van der Waals surface area (Å²) in [6.45, 7) is 6.81. The molecule has 0 fully saturated rings. The molecule has 2 heterocycles. The third-order valence-corrected chi connectivity index (χ3v) is 6.01. The zero-order valence-corrected chi connectivity index (χ0v) is 17.0. The number of aryl methyl sites for hydroxylation is 1. The molecule has 0 aliphatic carbocycles. The SMILES string of the molecule is CCn1c(S[C@H](C)C(=O)c2c[nH]c3ccccc23)nnc1-c1ccccc1C. The van der Waals surface area contributed by atoms with E-state index in [4.69, 9.17) is 0 Å². The molecule has 1 N–H and O–H groups in total. The molecule has 0 spiro atoms. The number of hydrogen-bond donors (Lipinski definition) is 1. The van der Waals surface area contributed by atoms with Gasteiger partial charge in [0.15, 0.2) is 16.8 Å². The Kier molecular flexibility index (Phi) is 5.05. The molecule has 0 amide bonds. The second-order valence-corrected chi connectivity index (χ2v) is 8.05. The van der Waals surface area contributed by atoms with Crippen molar-refractivity contribution in [1.82, 2.24) is 19.7 Å². The van der Waals surface area contributed by atoms with E-state index in [1.54, 1.807) is 6.20 Å². The number of thioether (sulfide) groups is 1. The highest BCUT2D eigenvalue weighted by molar-refractivity contribution is 8.00. The van der Waals surface area contributed by atoms with Crippen LogP contribution in [0.2, 0.25) is 0 Å². The molecule has 1 atom stereocenters. The van der Waals surface area contributed by atoms with Gasteiger partial charge in [-0.15, -0.1) is 10.2 Å². The molecule has 5 nitrogen and oxygen atoms in total. The van der Waals surface area contributed by atoms with Crippen molar-refractivity contribution in [2.75, 3.05) is 0 Å². The fourth-order valence-electron chi connectivity index (χ4n) is 3.39. The fraction of sp³-hybridized carbons (Fsp3) is 0.227. The first kappa shape index (κ1) is 18.5. The molecule has 28 heavy (non-hydrogen) atoms. The number of nitrogens with zero attached hydrogens (tertiary/aromatic N) is 3. The molecule has 2 aromatic carbocycles. The number of carbonyl (C=O) groups is 1. The van der Waals surface area contributed by atoms with Gasteiger partial charge in [-0.2, -0.15) is 0 Å². The average Bonchev–Trinajstić information content (AvgIpc) is 3.31. The molecule has 4 aromatic rings. The number of para-hydroxylation sites is 1. The Morgan fingerprint density at radius 2 is 1.89 bits per heavy atom. The Labute approximate surface area is 168 Å². The first-order valence-electron chi connectivity index (χ1n) is 9.36. The van der Waals surface area contributed by atoms with E-state index in [-0.39, 0.29) is 11.0 Å². The van der Waals surface area contributed by atoms with Crippen molar-refractivity contribution in [3.05, 3.63) is 65.9 Å². The number of aromatic amines is 1. The lowest BCUT2D eigenvalue weighted by Crippen LogP contribution is -2.14. The van der Waals surface area contributed by atoms with Crippen LogP contribution in [0, 0.1) is 6.92 Å². The highest BCUT2D eigenvalue weighted by atomic mass is 32.2. The molecule has 0 saturated heterocycles. The molecule has 142 valence electrons. The number of H-pyrrole nitrogens is 1. The Balaban J connectivity index is 1.62. The normalized spacial score (nSPS) is 12.4. The number of aromatic nitrogens is 4. The van der Waals surface area contributed by atoms with Crippen molar-refractivity contribution in [3.8, 4) is 11.4 Å². The van der Waals surface area contributed by atoms with Crippen molar-refractivity contribution in [2.24, 2.45) is 0 Å². The van der Waals surface area contributed by atoms with Crippen LogP contribution in [0.1, 0.15) is 29.8 Å². The minimum Gasteiger partial charge on any atom is -0.360 e. The van der Waals surface area contributed by atoms with E-state index in [2.05, 4.69) is 45.7 Å². The van der Waals surface area contributed by atoms with E-state index in [1.807, 2.05) is 43.3 Å². The predicted molar refractivity (Wildman–Crippen MR) is 114 cm³/mol. The number of ketones is 1. The molecule has 0 bridgehead atoms. The van der Waals surface area contributed by atoms with Gasteiger partial charge >= 0.3 is 0 Å². The maximum atomic E-state index is 13.1. The lowest BCUT2D eigenvalue weighted by molar-refractivity contribution is 0.0995. The van der Waals surface area contributed by atoms with Crippen molar-refractivity contribution in [3.63, 3.8) is 0 Å². The summed E-state index contributed by atoms with van der Waals surface area (Å²) < 4.78 is 2.08. The molecular weight excluding hydrogens is 368 g/mol. The summed E-state index contributed by atoms with van der Waals surface area (Å²) in [6.07, 6.45) is 1.80. The maximum absolute atomic E-state index is 13.1. The van der Waals surface area contributed by atoms with Crippen molar-refractivity contribution in [1.29, 1.82) is 0 Å². The second kappa shape index (κ2) is 7.64. The van der Waals surface area contributed by atoms with Crippen LogP contribution in [0.25, 0.3) is 22.3 Å². The largest absolute Gasteiger partial charge is 0.360 e. The Bertz CT molecular complexity index is 1140. The minimum absolute atomic E-state index is 0.0885. The summed E-state index contributed by atoms with van der Waals surface area (Å²) in [4.78, 5) is 16.2. The summed E-state index contributed by atoms with van der Waals surface area (Å²) in [7, 11) is 0. The standard InChI is InChI=1S/C22H22N4OS/c1-4-26-21(16-10-6-5-9-14(16)2)24-25-22(26)28-15(3)20(27)18-13-23-19-12-8-7-11-17(18)19/h5-13,15,23H,4H2,1-3H3/t15-/m1/s1. The van der Waals surface area contributed by atoms with Gasteiger partial charge in [-0.1, -0.05) is 54.2 Å². The Morgan fingerprint density at radius 1 is 1.14 bits per heavy atom. The predicted octanol–water partition coefficient (Wildman–Crippen LogP) is 5.12. The van der Waals surface area contributed by atoms with E-state index >= 15 is 0 Å². The topological polar surface area (TPSA) is 63.6 Å². The molecular formula is C22H22N4OS. The number of benzene rings is 2. The third kappa shape index (κ3) is 3.24. The first-order chi connectivity index (χ1) is 13.6. The highest BCUT2D eigenvalue weighted by Crippen LogP contribution is 2.30. The van der Waals surface area contributed by atoms with E-state index in [0.29, 0.717) is 0 Å². The van der Waals surface area contributed by atoms with Crippen LogP contribution in [-0.2, 0) is 6.54 Å². The van der Waals surface area contributed by atoms with E-state index in [0.717, 1.165) is 45.1 Å². The molecule has 0 aliphatic rings. The van der Waals surface area contributed by atoms with Gasteiger partial charge < -0.3 is 9.55 Å². The van der Waals surface area contributed by atoms with Gasteiger partial charge in [-0.3, -0.25) is 4.79 Å². The zero-order valence-electron chi connectivity index (χ0n) is 16.1. The molecule has 2 aromatic heterocycles. The van der Waals surface area contributed by atoms with Crippen LogP contribution < -0.4 is 0 Å². The molecule has 6 heteroatoms. The summed E-state index contributed by atoms with van der Waals surface area (Å²) >= 11 is 1.46. The van der Waals surface area contributed by atoms with Crippen LogP contribution in [0.5, 0.6) is 0 Å². The second-order valence-electron chi connectivity index (χ2n) is 6.74. The monoisotopic (exact) mass is 390 g/mol. The van der Waals surface area contributed by atoms with Crippen molar-refractivity contribution < 1.29 is 4.79 Å². The van der Waals surface area contributed by atoms with E-state index in [9.17, 15) is 4.79 Å². The lowest BCUT2D eigenvalue weighted by Gasteiger charge is -2.12. The zero-order chi connectivity index (χ0) is 19.7. The first-order valence-corrected chi connectivity index (χ1v) is 10.2. The number of nitrogens with one attached hydrogen (secondary N) is 1. The summed E-state index contributed by atoms with van der Waals surface area (Å²) in [5, 5.41) is 10.3. The smallest absolute Gasteiger partial charge is 0.192 e. The third-order valence-electron chi connectivity index (χ3n) is 4.93. The number of hydrogen-bond acceptors (Lipinski definition) is 4. The van der Waals surface area contributed by atoms with E-state index in [1.165, 1.54) is 11.8 Å². The van der Waals surface area contributed by atoms with Gasteiger partial charge in [-0.05, 0) is 32.4 Å². The summed E-state index contributed by atoms with van der Waals surface area (Å²) in [5.74, 6) is 0.931. The summed E-state index contributed by atoms with van der Waals surface area (Å²) in [6, 6.07) is 16.0. The summed E-state index contributed by atoms with van der Waals surface area (Å²) in [5.41, 5.74) is 3.92. The van der Waals surface area contributed by atoms with Crippen molar-refractivity contribution >= 4 is 28.4 Å². The number of carbonyl (C=O) groups excluding carboxylic acids is 1. The van der Waals surface area contributed by atoms with Crippen LogP contribution in [-0.4, -0.2) is 30.8 Å². The Morgan fingerprint density at radius 3 is 2.68 bits per heavy atom. The maximum Gasteiger partial charge on any atom is 0.192 e. The highest BCUT2D eigenvalue weighted by Gasteiger charge is 2.23. The van der Waals surface area contributed by atoms with Gasteiger partial charge in [0.05, 0.1) is 5.25 Å². The molecule has 0 saturated carbocycles. The molecule has 4 rings (SSSR count). The number of Topliss-reactive ketones (excluding diaryl/α,β-unsaturated/α-hetero) is 1. The molecule has 0 aliphatic heterocycles. The Hall–Kier alpha value is -2.86. The van der Waals surface area contributed by atoms with Crippen LogP contribution in [0.4, 0.5) is 0 Å². The lowest BCUT2D eigenvalue weighted by atomic mass is 10.1. The van der Waals surface area contributed by atoms with Gasteiger partial charge in [0, 0.05) is 34.8 Å². The van der Waals surface area contributed by atoms with Crippen LogP contribution >= 0.6 is 11.8 Å². The average molecular weight is 391 g/mol. The van der Waals surface area contributed by atoms with Gasteiger partial charge in [0.1, 0.15) is 0 Å². The van der Waals surface area contributed by atoms with Gasteiger partial charge in [0.2, 0.25) is 0 Å². The van der Waals surface area contributed by atoms with Gasteiger partial charge in [0.25, 0.3) is 0 Å². The fourth-order valence-corrected chi connectivity index (χ4v) is 4.37. The molecule has 0 radical (unpaired) electrons. The van der Waals surface area contributed by atoms with Crippen LogP contribution in [0.3, 0.4) is 0 Å². The quantitative estimate of drug-likeness (QED) is 0.367. The van der Waals surface area contributed by atoms with Gasteiger partial charge in [-0.25, -0.2) is 0 Å². The molecule has 0 unspecified atom stereocenters. The van der Waals surface area contributed by atoms with Crippen molar-refractivity contribution in [2.45, 2.75) is 37.7 Å². The number of fused-ring (bicyclic) bond motifs is 1.